The Balaban J connectivity index is 3.56. The van der Waals surface area contributed by atoms with Crippen LogP contribution in [0.1, 0.15) is 6.92 Å². The van der Waals surface area contributed by atoms with Gasteiger partial charge in [0.15, 0.2) is 6.29 Å². The molecule has 1 N–H and O–H groups in total. The summed E-state index contributed by atoms with van der Waals surface area (Å²) in [5.74, 6) is -0.369. The van der Waals surface area contributed by atoms with Crippen molar-refractivity contribution in [3.8, 4) is 0 Å². The van der Waals surface area contributed by atoms with Crippen LogP contribution in [-0.4, -0.2) is 39.6 Å². The van der Waals surface area contributed by atoms with Crippen molar-refractivity contribution in [2.75, 3.05) is 27.4 Å². The van der Waals surface area contributed by atoms with Gasteiger partial charge in [0.1, 0.15) is 0 Å². The molecule has 14 heavy (non-hydrogen) atoms. The molecule has 0 aromatic heterocycles. The summed E-state index contributed by atoms with van der Waals surface area (Å²) in [5, 5.41) is 2.85. The van der Waals surface area contributed by atoms with Crippen LogP contribution in [0.3, 0.4) is 0 Å². The summed E-state index contributed by atoms with van der Waals surface area (Å²) in [7, 11) is 3.09. The lowest BCUT2D eigenvalue weighted by Crippen LogP contribution is -2.26. The standard InChI is InChI=1S/C9H17NO4/c1-4-14-8(11)5-6-10-7-9(12-2)13-3/h5-6,9-10H,4,7H2,1-3H3/b6-5+. The minimum Gasteiger partial charge on any atom is -0.463 e. The lowest BCUT2D eigenvalue weighted by Gasteiger charge is -2.12. The average Bonchev–Trinajstić information content (AvgIpc) is 2.19. The number of esters is 1. The van der Waals surface area contributed by atoms with E-state index in [1.807, 2.05) is 0 Å². The Morgan fingerprint density at radius 1 is 1.43 bits per heavy atom. The Morgan fingerprint density at radius 2 is 2.07 bits per heavy atom. The molecule has 0 amide bonds. The van der Waals surface area contributed by atoms with Gasteiger partial charge in [-0.3, -0.25) is 0 Å². The summed E-state index contributed by atoms with van der Waals surface area (Å²) in [6.07, 6.45) is 2.50. The molecule has 0 fully saturated rings. The Hall–Kier alpha value is -1.07. The molecular formula is C9H17NO4. The van der Waals surface area contributed by atoms with Gasteiger partial charge < -0.3 is 19.5 Å². The van der Waals surface area contributed by atoms with Crippen LogP contribution in [0.5, 0.6) is 0 Å². The van der Waals surface area contributed by atoms with Gasteiger partial charge in [0.25, 0.3) is 0 Å². The third-order valence-corrected chi connectivity index (χ3v) is 1.43. The van der Waals surface area contributed by atoms with Gasteiger partial charge in [-0.05, 0) is 6.92 Å². The molecule has 0 aliphatic carbocycles. The van der Waals surface area contributed by atoms with E-state index >= 15 is 0 Å². The third kappa shape index (κ3) is 6.45. The van der Waals surface area contributed by atoms with E-state index in [1.165, 1.54) is 12.3 Å². The van der Waals surface area contributed by atoms with Gasteiger partial charge in [-0.15, -0.1) is 0 Å². The van der Waals surface area contributed by atoms with Gasteiger partial charge in [0, 0.05) is 26.5 Å². The fourth-order valence-corrected chi connectivity index (χ4v) is 0.744. The zero-order valence-corrected chi connectivity index (χ0v) is 8.78. The SMILES string of the molecule is CCOC(=O)/C=C/NCC(OC)OC. The summed E-state index contributed by atoms with van der Waals surface area (Å²) < 4.78 is 14.5. The first-order valence-corrected chi connectivity index (χ1v) is 4.36. The average molecular weight is 203 g/mol. The maximum atomic E-state index is 10.8. The van der Waals surface area contributed by atoms with Crippen molar-refractivity contribution in [2.45, 2.75) is 13.2 Å². The highest BCUT2D eigenvalue weighted by atomic mass is 16.7. The summed E-state index contributed by atoms with van der Waals surface area (Å²) >= 11 is 0. The Morgan fingerprint density at radius 3 is 2.57 bits per heavy atom. The minimum absolute atomic E-state index is 0.318. The van der Waals surface area contributed by atoms with Gasteiger partial charge in [0.05, 0.1) is 13.2 Å². The first-order chi connectivity index (χ1) is 6.74. The molecule has 0 aromatic carbocycles. The molecule has 82 valence electrons. The molecule has 0 atom stereocenters. The normalized spacial score (nSPS) is 10.9. The Bertz CT molecular complexity index is 178. The van der Waals surface area contributed by atoms with Crippen LogP contribution in [0.2, 0.25) is 0 Å². The first kappa shape index (κ1) is 12.9. The fourth-order valence-electron chi connectivity index (χ4n) is 0.744. The Kier molecular flexibility index (Phi) is 7.87. The predicted octanol–water partition coefficient (Wildman–Crippen LogP) is 0.272. The molecule has 0 heterocycles. The number of methoxy groups -OCH3 is 2. The number of hydrogen-bond donors (Lipinski definition) is 1. The molecular weight excluding hydrogens is 186 g/mol. The largest absolute Gasteiger partial charge is 0.463 e. The third-order valence-electron chi connectivity index (χ3n) is 1.43. The van der Waals surface area contributed by atoms with Gasteiger partial charge in [-0.1, -0.05) is 0 Å². The quantitative estimate of drug-likeness (QED) is 0.366. The molecule has 0 spiro atoms. The smallest absolute Gasteiger partial charge is 0.332 e. The van der Waals surface area contributed by atoms with Crippen LogP contribution in [0, 0.1) is 0 Å². The highest BCUT2D eigenvalue weighted by Gasteiger charge is 2.01. The lowest BCUT2D eigenvalue weighted by molar-refractivity contribution is -0.137. The number of carbonyl (C=O) groups excluding carboxylic acids is 1. The second-order valence-electron chi connectivity index (χ2n) is 2.39. The highest BCUT2D eigenvalue weighted by Crippen LogP contribution is 1.87. The molecule has 0 radical (unpaired) electrons. The summed E-state index contributed by atoms with van der Waals surface area (Å²) in [4.78, 5) is 10.8. The number of carbonyl (C=O) groups is 1. The first-order valence-electron chi connectivity index (χ1n) is 4.36. The van der Waals surface area contributed by atoms with E-state index in [-0.39, 0.29) is 12.3 Å². The molecule has 5 heteroatoms. The molecule has 5 nitrogen and oxygen atoms in total. The zero-order chi connectivity index (χ0) is 10.8. The van der Waals surface area contributed by atoms with E-state index in [2.05, 4.69) is 10.1 Å². The minimum atomic E-state index is -0.369. The van der Waals surface area contributed by atoms with Crippen LogP contribution < -0.4 is 5.32 Å². The van der Waals surface area contributed by atoms with Crippen LogP contribution in [0.25, 0.3) is 0 Å². The van der Waals surface area contributed by atoms with Crippen LogP contribution in [-0.2, 0) is 19.0 Å². The zero-order valence-electron chi connectivity index (χ0n) is 8.78. The van der Waals surface area contributed by atoms with Crippen molar-refractivity contribution >= 4 is 5.97 Å². The molecule has 0 aliphatic heterocycles. The topological polar surface area (TPSA) is 56.8 Å². The summed E-state index contributed by atoms with van der Waals surface area (Å²) in [6.45, 7) is 2.61. The van der Waals surface area contributed by atoms with Crippen LogP contribution >= 0.6 is 0 Å². The van der Waals surface area contributed by atoms with E-state index in [0.717, 1.165) is 0 Å². The van der Waals surface area contributed by atoms with E-state index in [9.17, 15) is 4.79 Å². The van der Waals surface area contributed by atoms with Crippen molar-refractivity contribution in [3.05, 3.63) is 12.3 Å². The van der Waals surface area contributed by atoms with Gasteiger partial charge in [0.2, 0.25) is 0 Å². The van der Waals surface area contributed by atoms with E-state index in [4.69, 9.17) is 9.47 Å². The van der Waals surface area contributed by atoms with Crippen LogP contribution in [0.15, 0.2) is 12.3 Å². The fraction of sp³-hybridized carbons (Fsp3) is 0.667. The number of rotatable bonds is 7. The maximum Gasteiger partial charge on any atom is 0.332 e. The summed E-state index contributed by atoms with van der Waals surface area (Å²) in [6, 6.07) is 0. The monoisotopic (exact) mass is 203 g/mol. The molecule has 0 aromatic rings. The number of nitrogens with one attached hydrogen (secondary N) is 1. The van der Waals surface area contributed by atoms with Crippen molar-refractivity contribution in [1.82, 2.24) is 5.32 Å². The van der Waals surface area contributed by atoms with Crippen molar-refractivity contribution in [2.24, 2.45) is 0 Å². The van der Waals surface area contributed by atoms with E-state index < -0.39 is 0 Å². The molecule has 0 rings (SSSR count). The molecule has 0 saturated carbocycles. The van der Waals surface area contributed by atoms with Gasteiger partial charge in [-0.25, -0.2) is 4.79 Å². The molecule has 0 aliphatic rings. The van der Waals surface area contributed by atoms with Crippen molar-refractivity contribution < 1.29 is 19.0 Å². The van der Waals surface area contributed by atoms with Crippen LogP contribution in [0.4, 0.5) is 0 Å². The Labute approximate surface area is 84.0 Å². The lowest BCUT2D eigenvalue weighted by atomic mass is 10.5. The number of hydrogen-bond acceptors (Lipinski definition) is 5. The maximum absolute atomic E-state index is 10.8. The molecule has 0 bridgehead atoms. The molecule has 0 unspecified atom stereocenters. The number of ether oxygens (including phenoxy) is 3. The summed E-state index contributed by atoms with van der Waals surface area (Å²) in [5.41, 5.74) is 0. The van der Waals surface area contributed by atoms with E-state index in [0.29, 0.717) is 13.2 Å². The molecule has 0 saturated heterocycles. The van der Waals surface area contributed by atoms with Gasteiger partial charge >= 0.3 is 5.97 Å². The predicted molar refractivity (Wildman–Crippen MR) is 51.6 cm³/mol. The van der Waals surface area contributed by atoms with E-state index in [1.54, 1.807) is 21.1 Å². The van der Waals surface area contributed by atoms with Crippen molar-refractivity contribution in [1.29, 1.82) is 0 Å². The highest BCUT2D eigenvalue weighted by molar-refractivity contribution is 5.81. The van der Waals surface area contributed by atoms with Gasteiger partial charge in [-0.2, -0.15) is 0 Å². The second-order valence-corrected chi connectivity index (χ2v) is 2.39. The van der Waals surface area contributed by atoms with Crippen molar-refractivity contribution in [3.63, 3.8) is 0 Å². The second kappa shape index (κ2) is 8.52.